The van der Waals surface area contributed by atoms with Crippen molar-refractivity contribution in [1.29, 1.82) is 0 Å². The molecular weight excluding hydrogens is 382 g/mol. The van der Waals surface area contributed by atoms with Crippen LogP contribution in [-0.4, -0.2) is 11.1 Å². The fraction of sp³-hybridized carbons (Fsp3) is 0.133. The number of ether oxygens (including phenoxy) is 1. The van der Waals surface area contributed by atoms with E-state index in [9.17, 15) is 9.18 Å². The number of carbonyl (C=O) groups excluding carboxylic acids is 1. The Balaban J connectivity index is 2.21. The molecule has 2 aromatic rings. The van der Waals surface area contributed by atoms with Gasteiger partial charge in [0.05, 0.1) is 10.9 Å². The Morgan fingerprint density at radius 2 is 1.95 bits per heavy atom. The van der Waals surface area contributed by atoms with Crippen LogP contribution in [0.1, 0.15) is 15.9 Å². The van der Waals surface area contributed by atoms with Crippen molar-refractivity contribution in [1.82, 2.24) is 0 Å². The normalized spacial score (nSPS) is 10.5. The zero-order valence-corrected chi connectivity index (χ0v) is 13.8. The number of halogens is 4. The van der Waals surface area contributed by atoms with Crippen LogP contribution in [0.5, 0.6) is 5.75 Å². The van der Waals surface area contributed by atoms with E-state index in [2.05, 4.69) is 15.9 Å². The minimum Gasteiger partial charge on any atom is -0.488 e. The molecule has 0 saturated heterocycles. The minimum atomic E-state index is -0.490. The average molecular weight is 392 g/mol. The highest BCUT2D eigenvalue weighted by Gasteiger charge is 2.13. The number of ketones is 1. The van der Waals surface area contributed by atoms with Gasteiger partial charge >= 0.3 is 0 Å². The van der Waals surface area contributed by atoms with E-state index in [4.69, 9.17) is 27.9 Å². The maximum Gasteiger partial charge on any atom is 0.177 e. The molecule has 0 amide bonds. The number of Topliss-reactive ketones (excluding diaryl/α,β-unsaturated/α-hetero) is 1. The molecule has 0 bridgehead atoms. The number of hydrogen-bond acceptors (Lipinski definition) is 2. The van der Waals surface area contributed by atoms with E-state index in [0.29, 0.717) is 15.8 Å². The lowest BCUT2D eigenvalue weighted by atomic mass is 10.1. The van der Waals surface area contributed by atoms with Crippen LogP contribution < -0.4 is 4.74 Å². The molecule has 0 unspecified atom stereocenters. The van der Waals surface area contributed by atoms with Gasteiger partial charge in [0.15, 0.2) is 5.78 Å². The molecule has 0 aliphatic rings. The quantitative estimate of drug-likeness (QED) is 0.511. The van der Waals surface area contributed by atoms with Gasteiger partial charge in [-0.05, 0) is 30.3 Å². The van der Waals surface area contributed by atoms with Crippen LogP contribution in [-0.2, 0) is 6.61 Å². The second-order valence-corrected chi connectivity index (χ2v) is 5.63. The highest BCUT2D eigenvalue weighted by Crippen LogP contribution is 2.25. The lowest BCUT2D eigenvalue weighted by Crippen LogP contribution is -2.06. The third-order valence-electron chi connectivity index (χ3n) is 2.76. The highest BCUT2D eigenvalue weighted by molar-refractivity contribution is 9.09. The van der Waals surface area contributed by atoms with Crippen molar-refractivity contribution in [2.24, 2.45) is 0 Å². The summed E-state index contributed by atoms with van der Waals surface area (Å²) in [4.78, 5) is 11.8. The van der Waals surface area contributed by atoms with E-state index >= 15 is 0 Å². The number of alkyl halides is 1. The van der Waals surface area contributed by atoms with Gasteiger partial charge in [-0.25, -0.2) is 4.39 Å². The van der Waals surface area contributed by atoms with Crippen molar-refractivity contribution < 1.29 is 13.9 Å². The maximum absolute atomic E-state index is 13.3. The first-order chi connectivity index (χ1) is 10.0. The molecule has 21 heavy (non-hydrogen) atoms. The Kier molecular flexibility index (Phi) is 5.62. The maximum atomic E-state index is 13.3. The van der Waals surface area contributed by atoms with Gasteiger partial charge in [0.1, 0.15) is 18.2 Å². The smallest absolute Gasteiger partial charge is 0.177 e. The van der Waals surface area contributed by atoms with Gasteiger partial charge in [-0.2, -0.15) is 0 Å². The van der Waals surface area contributed by atoms with E-state index in [-0.39, 0.29) is 23.3 Å². The summed E-state index contributed by atoms with van der Waals surface area (Å²) in [6.07, 6.45) is 0. The fourth-order valence-corrected chi connectivity index (χ4v) is 2.48. The largest absolute Gasteiger partial charge is 0.488 e. The highest BCUT2D eigenvalue weighted by atomic mass is 79.9. The van der Waals surface area contributed by atoms with Crippen molar-refractivity contribution in [3.63, 3.8) is 0 Å². The average Bonchev–Trinajstić information content (AvgIpc) is 2.46. The molecule has 0 spiro atoms. The van der Waals surface area contributed by atoms with Crippen LogP contribution >= 0.6 is 39.1 Å². The molecule has 110 valence electrons. The van der Waals surface area contributed by atoms with E-state index in [0.717, 1.165) is 11.6 Å². The molecule has 2 rings (SSSR count). The topological polar surface area (TPSA) is 26.3 Å². The van der Waals surface area contributed by atoms with Crippen molar-refractivity contribution in [3.8, 4) is 5.75 Å². The minimum absolute atomic E-state index is 0.0918. The van der Waals surface area contributed by atoms with Crippen LogP contribution in [0.25, 0.3) is 0 Å². The SMILES string of the molecule is O=C(CBr)c1cc(F)ccc1OCc1ccc(Cl)cc1Cl. The molecule has 0 atom stereocenters. The molecule has 0 aliphatic carbocycles. The van der Waals surface area contributed by atoms with Crippen LogP contribution in [0.4, 0.5) is 4.39 Å². The molecule has 0 radical (unpaired) electrons. The standard InChI is InChI=1S/C15H10BrCl2FO2/c16-7-14(20)12-6-11(19)3-4-15(12)21-8-9-1-2-10(17)5-13(9)18/h1-6H,7-8H2. The van der Waals surface area contributed by atoms with E-state index < -0.39 is 5.82 Å². The monoisotopic (exact) mass is 390 g/mol. The van der Waals surface area contributed by atoms with E-state index in [1.165, 1.54) is 12.1 Å². The van der Waals surface area contributed by atoms with Crippen LogP contribution in [0, 0.1) is 5.82 Å². The predicted octanol–water partition coefficient (Wildman–Crippen LogP) is 5.29. The molecule has 0 aliphatic heterocycles. The Morgan fingerprint density at radius 1 is 1.19 bits per heavy atom. The Labute approximate surface area is 139 Å². The zero-order valence-electron chi connectivity index (χ0n) is 10.7. The van der Waals surface area contributed by atoms with Crippen molar-refractivity contribution in [2.45, 2.75) is 6.61 Å². The van der Waals surface area contributed by atoms with Gasteiger partial charge in [-0.3, -0.25) is 4.79 Å². The fourth-order valence-electron chi connectivity index (χ4n) is 1.71. The third kappa shape index (κ3) is 4.19. The first-order valence-electron chi connectivity index (χ1n) is 5.96. The van der Waals surface area contributed by atoms with Gasteiger partial charge in [0, 0.05) is 15.6 Å². The van der Waals surface area contributed by atoms with E-state index in [1.807, 2.05) is 0 Å². The summed E-state index contributed by atoms with van der Waals surface area (Å²) in [6, 6.07) is 8.86. The van der Waals surface area contributed by atoms with Crippen LogP contribution in [0.2, 0.25) is 10.0 Å². The summed E-state index contributed by atoms with van der Waals surface area (Å²) >= 11 is 14.9. The molecule has 6 heteroatoms. The summed E-state index contributed by atoms with van der Waals surface area (Å²) < 4.78 is 18.8. The number of benzene rings is 2. The number of rotatable bonds is 5. The summed E-state index contributed by atoms with van der Waals surface area (Å²) in [7, 11) is 0. The number of hydrogen-bond donors (Lipinski definition) is 0. The Hall–Kier alpha value is -1.10. The van der Waals surface area contributed by atoms with Crippen molar-refractivity contribution in [2.75, 3.05) is 5.33 Å². The van der Waals surface area contributed by atoms with Crippen molar-refractivity contribution >= 4 is 44.9 Å². The molecule has 0 heterocycles. The second-order valence-electron chi connectivity index (χ2n) is 4.22. The van der Waals surface area contributed by atoms with Crippen LogP contribution in [0.3, 0.4) is 0 Å². The summed E-state index contributed by atoms with van der Waals surface area (Å²) in [5, 5.41) is 1.09. The van der Waals surface area contributed by atoms with Gasteiger partial charge in [0.25, 0.3) is 0 Å². The van der Waals surface area contributed by atoms with Crippen LogP contribution in [0.15, 0.2) is 36.4 Å². The first kappa shape index (κ1) is 16.3. The van der Waals surface area contributed by atoms with Gasteiger partial charge in [-0.15, -0.1) is 0 Å². The van der Waals surface area contributed by atoms with E-state index in [1.54, 1.807) is 18.2 Å². The molecular formula is C15H10BrCl2FO2. The molecule has 2 aromatic carbocycles. The lowest BCUT2D eigenvalue weighted by Gasteiger charge is -2.11. The molecule has 0 N–H and O–H groups in total. The first-order valence-corrected chi connectivity index (χ1v) is 7.84. The predicted molar refractivity (Wildman–Crippen MR) is 85.3 cm³/mol. The Morgan fingerprint density at radius 3 is 2.62 bits per heavy atom. The second kappa shape index (κ2) is 7.25. The van der Waals surface area contributed by atoms with Gasteiger partial charge in [-0.1, -0.05) is 45.2 Å². The summed E-state index contributed by atoms with van der Waals surface area (Å²) in [6.45, 7) is 0.157. The summed E-state index contributed by atoms with van der Waals surface area (Å²) in [5.74, 6) is -0.435. The molecule has 2 nitrogen and oxygen atoms in total. The summed E-state index contributed by atoms with van der Waals surface area (Å²) in [5.41, 5.74) is 0.916. The number of carbonyl (C=O) groups is 1. The van der Waals surface area contributed by atoms with Crippen molar-refractivity contribution in [3.05, 3.63) is 63.4 Å². The van der Waals surface area contributed by atoms with Gasteiger partial charge < -0.3 is 4.74 Å². The molecule has 0 saturated carbocycles. The third-order valence-corrected chi connectivity index (χ3v) is 3.86. The van der Waals surface area contributed by atoms with Gasteiger partial charge in [0.2, 0.25) is 0 Å². The lowest BCUT2D eigenvalue weighted by molar-refractivity contribution is 0.101. The Bertz CT molecular complexity index is 677. The zero-order chi connectivity index (χ0) is 15.4. The molecule has 0 fully saturated rings. The molecule has 0 aromatic heterocycles.